The summed E-state index contributed by atoms with van der Waals surface area (Å²) in [4.78, 5) is 27.4. The molecule has 0 heterocycles. The van der Waals surface area contributed by atoms with E-state index in [0.29, 0.717) is 16.1 Å². The molecule has 3 rings (SSSR count). The zero-order chi connectivity index (χ0) is 26.5. The van der Waals surface area contributed by atoms with Gasteiger partial charge in [0, 0.05) is 18.6 Å². The molecular formula is C26H27ClFN3O4S. The van der Waals surface area contributed by atoms with E-state index in [1.807, 2.05) is 0 Å². The van der Waals surface area contributed by atoms with E-state index in [2.05, 4.69) is 5.32 Å². The van der Waals surface area contributed by atoms with E-state index in [4.69, 9.17) is 11.6 Å². The summed E-state index contributed by atoms with van der Waals surface area (Å²) in [5.41, 5.74) is 1.42. The van der Waals surface area contributed by atoms with Crippen molar-refractivity contribution in [1.29, 1.82) is 0 Å². The molecule has 0 fully saturated rings. The fraction of sp³-hybridized carbons (Fsp3) is 0.231. The standard InChI is InChI=1S/C26H27ClFN3O4S/c1-18-9-12-21(27)15-24(18)31(36(34,35)23-7-5-4-6-8-23)17-25(32)30(19(2)26(33)29-3)16-20-10-13-22(28)14-11-20/h4-15,19H,16-17H2,1-3H3,(H,29,33). The Morgan fingerprint density at radius 2 is 1.67 bits per heavy atom. The Labute approximate surface area is 215 Å². The van der Waals surface area contributed by atoms with Crippen molar-refractivity contribution in [2.75, 3.05) is 17.9 Å². The van der Waals surface area contributed by atoms with Gasteiger partial charge < -0.3 is 10.2 Å². The van der Waals surface area contributed by atoms with Crippen LogP contribution in [0.25, 0.3) is 0 Å². The van der Waals surface area contributed by atoms with E-state index >= 15 is 0 Å². The molecule has 1 atom stereocenters. The Morgan fingerprint density at radius 3 is 2.28 bits per heavy atom. The second-order valence-corrected chi connectivity index (χ2v) is 10.5. The first-order valence-corrected chi connectivity index (χ1v) is 13.0. The molecule has 0 aromatic heterocycles. The maximum Gasteiger partial charge on any atom is 0.264 e. The molecular weight excluding hydrogens is 505 g/mol. The highest BCUT2D eigenvalue weighted by Gasteiger charge is 2.33. The molecule has 3 aromatic rings. The van der Waals surface area contributed by atoms with Crippen LogP contribution in [-0.2, 0) is 26.2 Å². The number of carbonyl (C=O) groups excluding carboxylic acids is 2. The number of amides is 2. The van der Waals surface area contributed by atoms with Crippen LogP contribution in [0, 0.1) is 12.7 Å². The summed E-state index contributed by atoms with van der Waals surface area (Å²) in [5, 5.41) is 2.81. The Bertz CT molecular complexity index is 1340. The molecule has 7 nitrogen and oxygen atoms in total. The van der Waals surface area contributed by atoms with Gasteiger partial charge in [-0.15, -0.1) is 0 Å². The molecule has 0 spiro atoms. The molecule has 0 bridgehead atoms. The van der Waals surface area contributed by atoms with Crippen LogP contribution in [0.4, 0.5) is 10.1 Å². The third-order valence-electron chi connectivity index (χ3n) is 5.73. The lowest BCUT2D eigenvalue weighted by Crippen LogP contribution is -2.50. The third-order valence-corrected chi connectivity index (χ3v) is 7.74. The first-order chi connectivity index (χ1) is 17.0. The summed E-state index contributed by atoms with van der Waals surface area (Å²) in [6, 6.07) is 17.1. The van der Waals surface area contributed by atoms with Gasteiger partial charge in [0.05, 0.1) is 10.6 Å². The Balaban J connectivity index is 2.06. The SMILES string of the molecule is CNC(=O)C(C)N(Cc1ccc(F)cc1)C(=O)CN(c1cc(Cl)ccc1C)S(=O)(=O)c1ccccc1. The largest absolute Gasteiger partial charge is 0.357 e. The Kier molecular flexibility index (Phi) is 8.70. The van der Waals surface area contributed by atoms with Crippen molar-refractivity contribution in [2.24, 2.45) is 0 Å². The maximum absolute atomic E-state index is 13.7. The molecule has 190 valence electrons. The summed E-state index contributed by atoms with van der Waals surface area (Å²) in [6.07, 6.45) is 0. The average Bonchev–Trinajstić information content (AvgIpc) is 2.87. The van der Waals surface area contributed by atoms with Crippen LogP contribution in [0.3, 0.4) is 0 Å². The molecule has 0 radical (unpaired) electrons. The van der Waals surface area contributed by atoms with E-state index in [1.165, 1.54) is 54.4 Å². The van der Waals surface area contributed by atoms with E-state index in [9.17, 15) is 22.4 Å². The number of likely N-dealkylation sites (N-methyl/N-ethyl adjacent to an activating group) is 1. The number of nitrogens with zero attached hydrogens (tertiary/aromatic N) is 2. The van der Waals surface area contributed by atoms with Crippen LogP contribution in [0.5, 0.6) is 0 Å². The topological polar surface area (TPSA) is 86.8 Å². The molecule has 0 aliphatic rings. The zero-order valence-corrected chi connectivity index (χ0v) is 21.7. The highest BCUT2D eigenvalue weighted by Crippen LogP contribution is 2.30. The fourth-order valence-corrected chi connectivity index (χ4v) is 5.32. The fourth-order valence-electron chi connectivity index (χ4n) is 3.66. The molecule has 0 saturated carbocycles. The average molecular weight is 532 g/mol. The second kappa shape index (κ2) is 11.5. The lowest BCUT2D eigenvalue weighted by Gasteiger charge is -2.32. The normalized spacial score (nSPS) is 12.0. The van der Waals surface area contributed by atoms with Gasteiger partial charge in [-0.2, -0.15) is 0 Å². The number of benzene rings is 3. The molecule has 0 saturated heterocycles. The third kappa shape index (κ3) is 6.22. The number of hydrogen-bond acceptors (Lipinski definition) is 4. The van der Waals surface area contributed by atoms with Crippen LogP contribution in [0.1, 0.15) is 18.1 Å². The van der Waals surface area contributed by atoms with Crippen molar-refractivity contribution in [3.05, 3.63) is 94.8 Å². The highest BCUT2D eigenvalue weighted by molar-refractivity contribution is 7.92. The summed E-state index contributed by atoms with van der Waals surface area (Å²) in [6.45, 7) is 2.65. The van der Waals surface area contributed by atoms with Crippen molar-refractivity contribution in [1.82, 2.24) is 10.2 Å². The summed E-state index contributed by atoms with van der Waals surface area (Å²) < 4.78 is 41.8. The number of anilines is 1. The molecule has 10 heteroatoms. The van der Waals surface area contributed by atoms with Crippen molar-refractivity contribution >= 4 is 39.1 Å². The molecule has 0 aliphatic carbocycles. The molecule has 36 heavy (non-hydrogen) atoms. The van der Waals surface area contributed by atoms with Crippen molar-refractivity contribution in [3.8, 4) is 0 Å². The predicted octanol–water partition coefficient (Wildman–Crippen LogP) is 4.15. The van der Waals surface area contributed by atoms with E-state index in [0.717, 1.165) is 4.31 Å². The van der Waals surface area contributed by atoms with E-state index in [1.54, 1.807) is 44.2 Å². The van der Waals surface area contributed by atoms with Crippen LogP contribution < -0.4 is 9.62 Å². The summed E-state index contributed by atoms with van der Waals surface area (Å²) in [5.74, 6) is -1.48. The Hall–Kier alpha value is -3.43. The van der Waals surface area contributed by atoms with Gasteiger partial charge in [-0.25, -0.2) is 12.8 Å². The van der Waals surface area contributed by atoms with Gasteiger partial charge in [0.25, 0.3) is 10.0 Å². The molecule has 0 aliphatic heterocycles. The van der Waals surface area contributed by atoms with E-state index < -0.39 is 40.2 Å². The smallest absolute Gasteiger partial charge is 0.264 e. The number of aryl methyl sites for hydroxylation is 1. The van der Waals surface area contributed by atoms with Gasteiger partial charge in [0.2, 0.25) is 11.8 Å². The van der Waals surface area contributed by atoms with Gasteiger partial charge in [-0.1, -0.05) is 48.0 Å². The number of hydrogen-bond donors (Lipinski definition) is 1. The van der Waals surface area contributed by atoms with Crippen molar-refractivity contribution in [3.63, 3.8) is 0 Å². The molecule has 1 unspecified atom stereocenters. The molecule has 3 aromatic carbocycles. The number of sulfonamides is 1. The minimum absolute atomic E-state index is 0.00149. The van der Waals surface area contributed by atoms with Gasteiger partial charge in [0.1, 0.15) is 18.4 Å². The molecule has 2 amide bonds. The van der Waals surface area contributed by atoms with Crippen molar-refractivity contribution in [2.45, 2.75) is 31.3 Å². The number of carbonyl (C=O) groups is 2. The lowest BCUT2D eigenvalue weighted by molar-refractivity contribution is -0.139. The van der Waals surface area contributed by atoms with Gasteiger partial charge in [-0.3, -0.25) is 13.9 Å². The first-order valence-electron chi connectivity index (χ1n) is 11.1. The van der Waals surface area contributed by atoms with Gasteiger partial charge in [0.15, 0.2) is 0 Å². The minimum Gasteiger partial charge on any atom is -0.357 e. The number of halogens is 2. The maximum atomic E-state index is 13.7. The summed E-state index contributed by atoms with van der Waals surface area (Å²) >= 11 is 6.19. The summed E-state index contributed by atoms with van der Waals surface area (Å²) in [7, 11) is -2.73. The first kappa shape index (κ1) is 27.2. The van der Waals surface area contributed by atoms with Gasteiger partial charge >= 0.3 is 0 Å². The molecule has 1 N–H and O–H groups in total. The van der Waals surface area contributed by atoms with Gasteiger partial charge in [-0.05, 0) is 61.4 Å². The predicted molar refractivity (Wildman–Crippen MR) is 138 cm³/mol. The number of nitrogens with one attached hydrogen (secondary N) is 1. The highest BCUT2D eigenvalue weighted by atomic mass is 35.5. The minimum atomic E-state index is -4.17. The number of rotatable bonds is 9. The quantitative estimate of drug-likeness (QED) is 0.449. The van der Waals surface area contributed by atoms with E-state index in [-0.39, 0.29) is 17.1 Å². The van der Waals surface area contributed by atoms with Crippen LogP contribution in [0.15, 0.2) is 77.7 Å². The van der Waals surface area contributed by atoms with Crippen LogP contribution in [-0.4, -0.2) is 44.8 Å². The Morgan fingerprint density at radius 1 is 1.03 bits per heavy atom. The monoisotopic (exact) mass is 531 g/mol. The van der Waals surface area contributed by atoms with Crippen LogP contribution in [0.2, 0.25) is 5.02 Å². The lowest BCUT2D eigenvalue weighted by atomic mass is 10.1. The van der Waals surface area contributed by atoms with Crippen LogP contribution >= 0.6 is 11.6 Å². The second-order valence-electron chi connectivity index (χ2n) is 8.19. The zero-order valence-electron chi connectivity index (χ0n) is 20.1. The van der Waals surface area contributed by atoms with Crippen molar-refractivity contribution < 1.29 is 22.4 Å².